The number of rotatable bonds is 3. The Labute approximate surface area is 196 Å². The van der Waals surface area contributed by atoms with E-state index in [0.717, 1.165) is 11.1 Å². The molecular formula is C24H24FN3O5S. The molecule has 5 rings (SSSR count). The van der Waals surface area contributed by atoms with E-state index < -0.39 is 26.8 Å². The number of allylic oxidation sites excluding steroid dienone is 1. The van der Waals surface area contributed by atoms with Crippen LogP contribution in [0.15, 0.2) is 48.4 Å². The largest absolute Gasteiger partial charge is 0.482 e. The Morgan fingerprint density at radius 2 is 1.94 bits per heavy atom. The van der Waals surface area contributed by atoms with Gasteiger partial charge in [0.15, 0.2) is 0 Å². The lowest BCUT2D eigenvalue weighted by Gasteiger charge is -2.32. The molecule has 1 fully saturated rings. The number of carbonyl (C=O) groups excluding carboxylic acids is 1. The normalized spacial score (nSPS) is 22.3. The fourth-order valence-corrected chi connectivity index (χ4v) is 5.56. The number of carbonyl (C=O) groups is 1. The van der Waals surface area contributed by atoms with Crippen LogP contribution < -0.4 is 10.2 Å². The Bertz CT molecular complexity index is 1360. The number of amides is 1. The summed E-state index contributed by atoms with van der Waals surface area (Å²) in [5.74, 6) is 0.332. The van der Waals surface area contributed by atoms with Gasteiger partial charge in [-0.1, -0.05) is 0 Å². The zero-order chi connectivity index (χ0) is 24.3. The Morgan fingerprint density at radius 3 is 2.65 bits per heavy atom. The number of benzene rings is 1. The van der Waals surface area contributed by atoms with Crippen LogP contribution in [0, 0.1) is 5.82 Å². The topological polar surface area (TPSA) is 109 Å². The second-order valence-corrected chi connectivity index (χ2v) is 10.9. The van der Waals surface area contributed by atoms with Gasteiger partial charge in [-0.3, -0.25) is 9.35 Å². The van der Waals surface area contributed by atoms with E-state index in [1.165, 1.54) is 12.1 Å². The second-order valence-electron chi connectivity index (χ2n) is 9.16. The maximum atomic E-state index is 13.6. The molecule has 2 N–H and O–H groups in total. The van der Waals surface area contributed by atoms with Crippen molar-refractivity contribution in [3.8, 4) is 0 Å². The molecule has 34 heavy (non-hydrogen) atoms. The lowest BCUT2D eigenvalue weighted by atomic mass is 9.92. The highest BCUT2D eigenvalue weighted by Crippen LogP contribution is 2.44. The van der Waals surface area contributed by atoms with Gasteiger partial charge in [-0.15, -0.1) is 0 Å². The quantitative estimate of drug-likeness (QED) is 0.505. The molecule has 0 radical (unpaired) electrons. The molecule has 0 spiro atoms. The number of pyridine rings is 1. The van der Waals surface area contributed by atoms with Crippen LogP contribution in [0.5, 0.6) is 0 Å². The molecule has 0 saturated carbocycles. The lowest BCUT2D eigenvalue weighted by Crippen LogP contribution is -2.39. The Morgan fingerprint density at radius 1 is 1.21 bits per heavy atom. The van der Waals surface area contributed by atoms with Crippen molar-refractivity contribution in [2.24, 2.45) is 0 Å². The lowest BCUT2D eigenvalue weighted by molar-refractivity contribution is -0.111. The van der Waals surface area contributed by atoms with E-state index in [1.807, 2.05) is 37.0 Å². The zero-order valence-corrected chi connectivity index (χ0v) is 19.5. The number of ether oxygens (including phenoxy) is 1. The number of piperidine rings is 1. The van der Waals surface area contributed by atoms with Gasteiger partial charge in [0, 0.05) is 30.4 Å². The van der Waals surface area contributed by atoms with Crippen molar-refractivity contribution in [1.29, 1.82) is 0 Å². The van der Waals surface area contributed by atoms with Crippen molar-refractivity contribution >= 4 is 38.7 Å². The highest BCUT2D eigenvalue weighted by molar-refractivity contribution is 7.86. The molecule has 1 saturated heterocycles. The first-order chi connectivity index (χ1) is 16.0. The number of nitrogens with one attached hydrogen (secondary N) is 1. The standard InChI is InChI=1S/C24H24FN3O5S/c1-24(2)18(13-20(33-24)22-17-4-3-15(25)12-19(17)27-23(22)29)14-5-8-26-21(11-14)28-9-6-16(7-10-28)34(30,31)32/h3-5,8,11-13,16H,6-7,9-10H2,1-2H3,(H,27,29)(H,30,31,32). The van der Waals surface area contributed by atoms with Crippen molar-refractivity contribution in [2.45, 2.75) is 37.5 Å². The fraction of sp³-hybridized carbons (Fsp3) is 0.333. The van der Waals surface area contributed by atoms with Gasteiger partial charge >= 0.3 is 0 Å². The molecule has 178 valence electrons. The maximum absolute atomic E-state index is 13.6. The first-order valence-electron chi connectivity index (χ1n) is 11.0. The number of aromatic nitrogens is 1. The summed E-state index contributed by atoms with van der Waals surface area (Å²) < 4.78 is 52.0. The van der Waals surface area contributed by atoms with E-state index in [0.29, 0.717) is 54.3 Å². The monoisotopic (exact) mass is 485 g/mol. The van der Waals surface area contributed by atoms with Crippen molar-refractivity contribution in [1.82, 2.24) is 4.98 Å². The summed E-state index contributed by atoms with van der Waals surface area (Å²) in [6, 6.07) is 7.93. The predicted octanol–water partition coefficient (Wildman–Crippen LogP) is 3.63. The van der Waals surface area contributed by atoms with Crippen LogP contribution in [-0.4, -0.2) is 47.8 Å². The van der Waals surface area contributed by atoms with Gasteiger partial charge in [0.1, 0.15) is 23.0 Å². The average Bonchev–Trinajstić information content (AvgIpc) is 3.27. The number of nitrogens with zero attached hydrogens (tertiary/aromatic N) is 2. The first kappa shape index (κ1) is 22.5. The number of hydrogen-bond acceptors (Lipinski definition) is 6. The molecular weight excluding hydrogens is 461 g/mol. The van der Waals surface area contributed by atoms with E-state index in [2.05, 4.69) is 10.3 Å². The summed E-state index contributed by atoms with van der Waals surface area (Å²) in [7, 11) is -4.04. The van der Waals surface area contributed by atoms with Gasteiger partial charge in [-0.05, 0) is 68.7 Å². The van der Waals surface area contributed by atoms with Crippen LogP contribution >= 0.6 is 0 Å². The Balaban J connectivity index is 1.47. The van der Waals surface area contributed by atoms with Crippen LogP contribution in [0.25, 0.3) is 11.1 Å². The van der Waals surface area contributed by atoms with Gasteiger partial charge in [0.2, 0.25) is 0 Å². The molecule has 4 heterocycles. The minimum Gasteiger partial charge on any atom is -0.482 e. The molecule has 1 aromatic carbocycles. The second kappa shape index (κ2) is 7.92. The third kappa shape index (κ3) is 3.97. The predicted molar refractivity (Wildman–Crippen MR) is 126 cm³/mol. The first-order valence-corrected chi connectivity index (χ1v) is 12.5. The SMILES string of the molecule is CC1(C)OC(=C2C(=O)Nc3cc(F)ccc32)C=C1c1ccnc(N2CCC(S(=O)(=O)O)CC2)c1. The van der Waals surface area contributed by atoms with Crippen LogP contribution in [0.2, 0.25) is 0 Å². The van der Waals surface area contributed by atoms with Gasteiger partial charge in [-0.25, -0.2) is 9.37 Å². The summed E-state index contributed by atoms with van der Waals surface area (Å²) in [6.45, 7) is 4.73. The molecule has 3 aliphatic rings. The minimum atomic E-state index is -4.04. The molecule has 0 atom stereocenters. The highest BCUT2D eigenvalue weighted by Gasteiger charge is 2.38. The van der Waals surface area contributed by atoms with Gasteiger partial charge in [0.25, 0.3) is 16.0 Å². The molecule has 0 bridgehead atoms. The summed E-state index contributed by atoms with van der Waals surface area (Å²) in [5.41, 5.74) is 2.35. The van der Waals surface area contributed by atoms with Crippen molar-refractivity contribution < 1.29 is 26.9 Å². The third-order valence-electron chi connectivity index (χ3n) is 6.51. The van der Waals surface area contributed by atoms with E-state index in [1.54, 1.807) is 12.3 Å². The summed E-state index contributed by atoms with van der Waals surface area (Å²) in [4.78, 5) is 19.1. The molecule has 2 aromatic rings. The Hall–Kier alpha value is -3.24. The number of halogens is 1. The van der Waals surface area contributed by atoms with Crippen LogP contribution in [0.1, 0.15) is 37.8 Å². The molecule has 3 aliphatic heterocycles. The third-order valence-corrected chi connectivity index (χ3v) is 7.82. The summed E-state index contributed by atoms with van der Waals surface area (Å²) in [5, 5.41) is 1.94. The highest BCUT2D eigenvalue weighted by atomic mass is 32.2. The van der Waals surface area contributed by atoms with Gasteiger partial charge in [-0.2, -0.15) is 8.42 Å². The molecule has 1 aromatic heterocycles. The van der Waals surface area contributed by atoms with Crippen LogP contribution in [-0.2, 0) is 19.6 Å². The van der Waals surface area contributed by atoms with Gasteiger partial charge < -0.3 is 15.0 Å². The van der Waals surface area contributed by atoms with E-state index in [9.17, 15) is 22.2 Å². The smallest absolute Gasteiger partial charge is 0.267 e. The molecule has 8 nitrogen and oxygen atoms in total. The number of hydrogen-bond donors (Lipinski definition) is 2. The van der Waals surface area contributed by atoms with Crippen molar-refractivity contribution in [3.63, 3.8) is 0 Å². The fourth-order valence-electron chi connectivity index (χ4n) is 4.75. The molecule has 0 aliphatic carbocycles. The number of fused-ring (bicyclic) bond motifs is 1. The molecule has 1 amide bonds. The van der Waals surface area contributed by atoms with E-state index in [-0.39, 0.29) is 5.91 Å². The van der Waals surface area contributed by atoms with Crippen molar-refractivity contribution in [3.05, 3.63) is 65.3 Å². The molecule has 10 heteroatoms. The minimum absolute atomic E-state index is 0.327. The summed E-state index contributed by atoms with van der Waals surface area (Å²) >= 11 is 0. The van der Waals surface area contributed by atoms with Gasteiger partial charge in [0.05, 0.1) is 16.5 Å². The van der Waals surface area contributed by atoms with E-state index in [4.69, 9.17) is 4.74 Å². The number of anilines is 2. The zero-order valence-electron chi connectivity index (χ0n) is 18.7. The average molecular weight is 486 g/mol. The van der Waals surface area contributed by atoms with Crippen molar-refractivity contribution in [2.75, 3.05) is 23.3 Å². The summed E-state index contributed by atoms with van der Waals surface area (Å²) in [6.07, 6.45) is 4.17. The Kier molecular flexibility index (Phi) is 5.25. The van der Waals surface area contributed by atoms with E-state index >= 15 is 0 Å². The van der Waals surface area contributed by atoms with Crippen LogP contribution in [0.3, 0.4) is 0 Å². The molecule has 0 unspecified atom stereocenters. The maximum Gasteiger partial charge on any atom is 0.267 e. The van der Waals surface area contributed by atoms with Crippen LogP contribution in [0.4, 0.5) is 15.9 Å².